The van der Waals surface area contributed by atoms with Crippen molar-refractivity contribution in [2.75, 3.05) is 16.5 Å². The highest BCUT2D eigenvalue weighted by atomic mass is 32.1. The highest BCUT2D eigenvalue weighted by Gasteiger charge is 2.31. The van der Waals surface area contributed by atoms with Crippen molar-refractivity contribution in [2.45, 2.75) is 73.1 Å². The average molecular weight is 946 g/mol. The van der Waals surface area contributed by atoms with Crippen LogP contribution in [0.3, 0.4) is 0 Å². The van der Waals surface area contributed by atoms with Crippen molar-refractivity contribution in [3.05, 3.63) is 204 Å². The molecule has 0 fully saturated rings. The minimum absolute atomic E-state index is 0.0210. The molecule has 0 atom stereocenters. The van der Waals surface area contributed by atoms with Gasteiger partial charge in [-0.25, -0.2) is 4.98 Å². The summed E-state index contributed by atoms with van der Waals surface area (Å²) in [5.74, 6) is 1.86. The molecule has 1 aliphatic rings. The number of aryl methyl sites for hydroxylation is 3. The Bertz CT molecular complexity index is 3990. The van der Waals surface area contributed by atoms with E-state index >= 15 is 0 Å². The van der Waals surface area contributed by atoms with Crippen molar-refractivity contribution in [1.29, 1.82) is 0 Å². The SMILES string of the molecule is [2H]C([2H])([2H])c1cc(-n2c3ccc(-c4cccc5c4sc4ccccc45)cc3c3ccc(Oc4cccc(N5CN(c6cc(C(C)(C)C)cc(C(C)(C)C)c6)c6cc(C)c(C)cc65)c4)cc32)ncc1-c1ccccc1. The predicted molar refractivity (Wildman–Crippen MR) is 302 cm³/mol. The molecule has 11 aromatic rings. The summed E-state index contributed by atoms with van der Waals surface area (Å²) in [4.78, 5) is 9.89. The molecule has 6 heteroatoms. The third kappa shape index (κ3) is 7.82. The second-order valence-corrected chi connectivity index (χ2v) is 22.3. The maximum Gasteiger partial charge on any atom is 0.137 e. The van der Waals surface area contributed by atoms with Crippen LogP contribution in [0.25, 0.3) is 70.0 Å². The molecule has 0 saturated heterocycles. The molecule has 0 amide bonds. The van der Waals surface area contributed by atoms with Crippen LogP contribution < -0.4 is 14.5 Å². The second kappa shape index (κ2) is 16.7. The van der Waals surface area contributed by atoms with E-state index in [1.807, 2.05) is 53.8 Å². The number of benzene rings is 8. The number of hydrogen-bond acceptors (Lipinski definition) is 5. The van der Waals surface area contributed by atoms with Crippen LogP contribution in [-0.2, 0) is 10.8 Å². The summed E-state index contributed by atoms with van der Waals surface area (Å²) in [5, 5.41) is 4.53. The minimum atomic E-state index is -2.40. The van der Waals surface area contributed by atoms with Gasteiger partial charge in [0, 0.05) is 70.3 Å². The van der Waals surface area contributed by atoms with Crippen molar-refractivity contribution in [1.82, 2.24) is 9.55 Å². The fraction of sp³-hybridized carbons (Fsp3) is 0.185. The zero-order valence-corrected chi connectivity index (χ0v) is 42.4. The third-order valence-corrected chi connectivity index (χ3v) is 15.7. The molecule has 0 N–H and O–H groups in total. The largest absolute Gasteiger partial charge is 0.457 e. The summed E-state index contributed by atoms with van der Waals surface area (Å²) < 4.78 is 37.7. The van der Waals surface area contributed by atoms with E-state index in [0.717, 1.165) is 44.3 Å². The number of nitrogens with zero attached hydrogens (tertiary/aromatic N) is 4. The van der Waals surface area contributed by atoms with Gasteiger partial charge in [-0.2, -0.15) is 0 Å². The average Bonchev–Trinajstić information content (AvgIpc) is 4.07. The van der Waals surface area contributed by atoms with Crippen LogP contribution in [0.15, 0.2) is 176 Å². The summed E-state index contributed by atoms with van der Waals surface area (Å²) in [7, 11) is 0. The van der Waals surface area contributed by atoms with Gasteiger partial charge in [-0.3, -0.25) is 4.57 Å². The van der Waals surface area contributed by atoms with Crippen LogP contribution in [0.2, 0.25) is 0 Å². The molecule has 0 saturated carbocycles. The van der Waals surface area contributed by atoms with Gasteiger partial charge < -0.3 is 14.5 Å². The Morgan fingerprint density at radius 2 is 1.21 bits per heavy atom. The van der Waals surface area contributed by atoms with Gasteiger partial charge in [-0.1, -0.05) is 126 Å². The van der Waals surface area contributed by atoms with Crippen molar-refractivity contribution >= 4 is 76.1 Å². The van der Waals surface area contributed by atoms with Crippen LogP contribution in [0.4, 0.5) is 22.7 Å². The lowest BCUT2D eigenvalue weighted by Crippen LogP contribution is -2.25. The molecule has 71 heavy (non-hydrogen) atoms. The van der Waals surface area contributed by atoms with Crippen LogP contribution in [0.1, 0.15) is 73.5 Å². The number of ether oxygens (including phenoxy) is 1. The number of thiophene rings is 1. The first-order valence-electron chi connectivity index (χ1n) is 26.0. The summed E-state index contributed by atoms with van der Waals surface area (Å²) >= 11 is 1.82. The summed E-state index contributed by atoms with van der Waals surface area (Å²) in [5.41, 5.74) is 15.3. The molecule has 0 bridgehead atoms. The topological polar surface area (TPSA) is 33.5 Å². The first-order chi connectivity index (χ1) is 35.4. The molecule has 0 radical (unpaired) electrons. The van der Waals surface area contributed by atoms with E-state index in [1.54, 1.807) is 12.3 Å². The molecular formula is C65H58N4OS. The van der Waals surface area contributed by atoms with Gasteiger partial charge in [0.15, 0.2) is 0 Å². The van der Waals surface area contributed by atoms with Crippen molar-refractivity contribution in [3.63, 3.8) is 0 Å². The summed E-state index contributed by atoms with van der Waals surface area (Å²) in [6.07, 6.45) is 1.71. The molecule has 350 valence electrons. The van der Waals surface area contributed by atoms with Gasteiger partial charge in [0.05, 0.1) is 22.4 Å². The van der Waals surface area contributed by atoms with E-state index in [-0.39, 0.29) is 16.4 Å². The molecule has 3 aromatic heterocycles. The van der Waals surface area contributed by atoms with E-state index in [9.17, 15) is 0 Å². The minimum Gasteiger partial charge on any atom is -0.457 e. The second-order valence-electron chi connectivity index (χ2n) is 21.3. The number of fused-ring (bicyclic) bond motifs is 7. The predicted octanol–water partition coefficient (Wildman–Crippen LogP) is 18.4. The monoisotopic (exact) mass is 945 g/mol. The van der Waals surface area contributed by atoms with Crippen LogP contribution >= 0.6 is 11.3 Å². The lowest BCUT2D eigenvalue weighted by molar-refractivity contribution is 0.483. The van der Waals surface area contributed by atoms with Crippen molar-refractivity contribution in [2.24, 2.45) is 0 Å². The number of aromatic nitrogens is 2. The quantitative estimate of drug-likeness (QED) is 0.159. The molecule has 0 spiro atoms. The van der Waals surface area contributed by atoms with Crippen molar-refractivity contribution in [3.8, 4) is 39.6 Å². The summed E-state index contributed by atoms with van der Waals surface area (Å²) in [6, 6.07) is 59.5. The lowest BCUT2D eigenvalue weighted by atomic mass is 9.80. The Labute approximate surface area is 425 Å². The third-order valence-electron chi connectivity index (χ3n) is 14.4. The number of rotatable bonds is 7. The molecule has 12 rings (SSSR count). The zero-order valence-electron chi connectivity index (χ0n) is 44.6. The van der Waals surface area contributed by atoms with E-state index in [0.29, 0.717) is 29.5 Å². The standard InChI is InChI=1S/C65H58N4OS/c1-40-29-59-60(30-41(40)2)68(48-34-45(64(4,5)6)33-46(35-48)65(7,8)9)39-67(59)47-19-15-20-49(36-47)70-50-26-27-52-55-32-44(51-22-16-23-54-53-21-13-14-24-61(53)71-63(51)54)25-28-57(55)69(58(52)37-50)62-31-42(3)56(38-66-62)43-17-11-10-12-18-43/h10-38H,39H2,1-9H3/i3D3. The van der Waals surface area contributed by atoms with Gasteiger partial charge in [0.25, 0.3) is 0 Å². The number of pyridine rings is 1. The van der Waals surface area contributed by atoms with Crippen molar-refractivity contribution < 1.29 is 8.85 Å². The number of anilines is 4. The molecule has 8 aromatic carbocycles. The molecule has 0 aliphatic carbocycles. The maximum absolute atomic E-state index is 8.73. The Hall–Kier alpha value is -7.67. The molecule has 5 nitrogen and oxygen atoms in total. The van der Waals surface area contributed by atoms with E-state index in [4.69, 9.17) is 13.8 Å². The first kappa shape index (κ1) is 41.1. The van der Waals surface area contributed by atoms with Gasteiger partial charge in [-0.15, -0.1) is 11.3 Å². The molecule has 0 unspecified atom stereocenters. The normalized spacial score (nSPS) is 13.8. The molecule has 1 aliphatic heterocycles. The Balaban J connectivity index is 0.968. The molecular weight excluding hydrogens is 885 g/mol. The Morgan fingerprint density at radius 1 is 0.521 bits per heavy atom. The van der Waals surface area contributed by atoms with Gasteiger partial charge in [0.1, 0.15) is 24.0 Å². The Morgan fingerprint density at radius 3 is 1.96 bits per heavy atom. The fourth-order valence-corrected chi connectivity index (χ4v) is 11.5. The Kier molecular flexibility index (Phi) is 9.70. The zero-order chi connectivity index (χ0) is 51.4. The highest BCUT2D eigenvalue weighted by Crippen LogP contribution is 2.48. The highest BCUT2D eigenvalue weighted by molar-refractivity contribution is 7.26. The molecule has 4 heterocycles. The van der Waals surface area contributed by atoms with Gasteiger partial charge >= 0.3 is 0 Å². The van der Waals surface area contributed by atoms with E-state index in [1.165, 1.54) is 59.4 Å². The smallest absolute Gasteiger partial charge is 0.137 e. The van der Waals surface area contributed by atoms with E-state index in [2.05, 4.69) is 191 Å². The van der Waals surface area contributed by atoms with Crippen LogP contribution in [-0.4, -0.2) is 16.2 Å². The lowest BCUT2D eigenvalue weighted by Gasteiger charge is -2.29. The van der Waals surface area contributed by atoms with Crippen LogP contribution in [0, 0.1) is 20.7 Å². The maximum atomic E-state index is 8.73. The number of hydrogen-bond donors (Lipinski definition) is 0. The van der Waals surface area contributed by atoms with Gasteiger partial charge in [0.2, 0.25) is 0 Å². The fourth-order valence-electron chi connectivity index (χ4n) is 10.3. The van der Waals surface area contributed by atoms with Gasteiger partial charge in [-0.05, 0) is 149 Å². The first-order valence-corrected chi connectivity index (χ1v) is 25.3. The van der Waals surface area contributed by atoms with Crippen LogP contribution in [0.5, 0.6) is 11.5 Å². The summed E-state index contributed by atoms with van der Waals surface area (Å²) in [6.45, 7) is 16.4. The van der Waals surface area contributed by atoms with E-state index < -0.39 is 6.85 Å².